The number of benzene rings is 2. The molecule has 0 radical (unpaired) electrons. The zero-order chi connectivity index (χ0) is 24.4. The number of ether oxygens (including phenoxy) is 1. The molecule has 182 valence electrons. The van der Waals surface area contributed by atoms with Crippen molar-refractivity contribution < 1.29 is 4.74 Å². The molecule has 1 N–H and O–H groups in total. The molecule has 8 nitrogen and oxygen atoms in total. The van der Waals surface area contributed by atoms with E-state index in [-0.39, 0.29) is 11.6 Å². The standard InChI is InChI=1S/C27H32N6O2/c1-4-19-7-10-24-21(15-19)16-23(27(34)28-24)25(32-13-11-18(2)12-14-32)26-29-30-31-33(26)17-20-5-8-22(35-3)9-6-20/h5-10,15-16,18,25H,4,11-14,17H2,1-3H3,(H,28,34). The molecule has 0 aliphatic carbocycles. The maximum Gasteiger partial charge on any atom is 0.253 e. The summed E-state index contributed by atoms with van der Waals surface area (Å²) in [5.74, 6) is 2.16. The summed E-state index contributed by atoms with van der Waals surface area (Å²) in [6.07, 6.45) is 3.11. The highest BCUT2D eigenvalue weighted by Gasteiger charge is 2.32. The van der Waals surface area contributed by atoms with Crippen molar-refractivity contribution in [2.24, 2.45) is 5.92 Å². The number of pyridine rings is 1. The molecule has 2 aromatic heterocycles. The van der Waals surface area contributed by atoms with Gasteiger partial charge in [0, 0.05) is 11.1 Å². The number of H-pyrrole nitrogens is 1. The number of rotatable bonds is 7. The fraction of sp³-hybridized carbons (Fsp3) is 0.407. The van der Waals surface area contributed by atoms with Crippen molar-refractivity contribution in [2.75, 3.05) is 20.2 Å². The number of tetrazole rings is 1. The summed E-state index contributed by atoms with van der Waals surface area (Å²) in [7, 11) is 1.66. The maximum absolute atomic E-state index is 13.4. The van der Waals surface area contributed by atoms with Crippen LogP contribution in [0.3, 0.4) is 0 Å². The van der Waals surface area contributed by atoms with Crippen LogP contribution in [-0.4, -0.2) is 50.3 Å². The molecule has 8 heteroatoms. The van der Waals surface area contributed by atoms with E-state index < -0.39 is 0 Å². The van der Waals surface area contributed by atoms with E-state index in [0.717, 1.165) is 54.6 Å². The minimum atomic E-state index is -0.325. The maximum atomic E-state index is 13.4. The number of hydrogen-bond acceptors (Lipinski definition) is 6. The Kier molecular flexibility index (Phi) is 6.63. The molecule has 0 saturated carbocycles. The zero-order valence-electron chi connectivity index (χ0n) is 20.6. The van der Waals surface area contributed by atoms with Crippen molar-refractivity contribution in [3.05, 3.63) is 81.4 Å². The SMILES string of the molecule is CCc1ccc2[nH]c(=O)c(C(c3nnnn3Cc3ccc(OC)cc3)N3CCC(C)CC3)cc2c1. The van der Waals surface area contributed by atoms with Crippen LogP contribution in [0.4, 0.5) is 0 Å². The molecule has 4 aromatic rings. The van der Waals surface area contributed by atoms with E-state index >= 15 is 0 Å². The van der Waals surface area contributed by atoms with Gasteiger partial charge in [-0.15, -0.1) is 5.10 Å². The molecule has 5 rings (SSSR count). The van der Waals surface area contributed by atoms with Crippen LogP contribution in [-0.2, 0) is 13.0 Å². The number of methoxy groups -OCH3 is 1. The highest BCUT2D eigenvalue weighted by Crippen LogP contribution is 2.31. The number of aryl methyl sites for hydroxylation is 1. The number of nitrogens with one attached hydrogen (secondary N) is 1. The lowest BCUT2D eigenvalue weighted by atomic mass is 9.95. The van der Waals surface area contributed by atoms with E-state index in [2.05, 4.69) is 51.4 Å². The van der Waals surface area contributed by atoms with Crippen LogP contribution in [0.25, 0.3) is 10.9 Å². The lowest BCUT2D eigenvalue weighted by Gasteiger charge is -2.35. The van der Waals surface area contributed by atoms with Gasteiger partial charge in [0.15, 0.2) is 5.82 Å². The fourth-order valence-corrected chi connectivity index (χ4v) is 4.91. The second-order valence-corrected chi connectivity index (χ2v) is 9.49. The molecule has 1 unspecified atom stereocenters. The van der Waals surface area contributed by atoms with Crippen LogP contribution in [0.5, 0.6) is 5.75 Å². The van der Waals surface area contributed by atoms with Gasteiger partial charge in [0.1, 0.15) is 11.8 Å². The third kappa shape index (κ3) is 4.84. The first-order valence-electron chi connectivity index (χ1n) is 12.3. The smallest absolute Gasteiger partial charge is 0.253 e. The highest BCUT2D eigenvalue weighted by molar-refractivity contribution is 5.80. The summed E-state index contributed by atoms with van der Waals surface area (Å²) in [6, 6.07) is 15.8. The van der Waals surface area contributed by atoms with Crippen LogP contribution in [0.2, 0.25) is 0 Å². The third-order valence-electron chi connectivity index (χ3n) is 7.12. The summed E-state index contributed by atoms with van der Waals surface area (Å²) in [5.41, 5.74) is 3.74. The Labute approximate surface area is 204 Å². The van der Waals surface area contributed by atoms with Gasteiger partial charge in [0.2, 0.25) is 0 Å². The molecular formula is C27H32N6O2. The van der Waals surface area contributed by atoms with Crippen LogP contribution in [0.15, 0.2) is 53.3 Å². The summed E-state index contributed by atoms with van der Waals surface area (Å²) in [5, 5.41) is 13.8. The van der Waals surface area contributed by atoms with Gasteiger partial charge in [-0.2, -0.15) is 0 Å². The van der Waals surface area contributed by atoms with Crippen molar-refractivity contribution in [1.29, 1.82) is 0 Å². The summed E-state index contributed by atoms with van der Waals surface area (Å²) in [6.45, 7) is 6.73. The van der Waals surface area contributed by atoms with Crippen LogP contribution >= 0.6 is 0 Å². The first-order chi connectivity index (χ1) is 17.1. The van der Waals surface area contributed by atoms with Gasteiger partial charge in [-0.1, -0.05) is 32.0 Å². The van der Waals surface area contributed by atoms with Gasteiger partial charge in [0.05, 0.1) is 13.7 Å². The molecular weight excluding hydrogens is 440 g/mol. The lowest BCUT2D eigenvalue weighted by molar-refractivity contribution is 0.149. The van der Waals surface area contributed by atoms with Gasteiger partial charge < -0.3 is 9.72 Å². The van der Waals surface area contributed by atoms with Gasteiger partial charge in [-0.05, 0) is 95.5 Å². The number of aromatic amines is 1. The third-order valence-corrected chi connectivity index (χ3v) is 7.12. The van der Waals surface area contributed by atoms with Gasteiger partial charge in [-0.25, -0.2) is 4.68 Å². The second-order valence-electron chi connectivity index (χ2n) is 9.49. The monoisotopic (exact) mass is 472 g/mol. The Bertz CT molecular complexity index is 1350. The average Bonchev–Trinajstić information content (AvgIpc) is 3.33. The summed E-state index contributed by atoms with van der Waals surface area (Å²) >= 11 is 0. The molecule has 1 aliphatic rings. The highest BCUT2D eigenvalue weighted by atomic mass is 16.5. The normalized spacial score (nSPS) is 16.0. The molecule has 2 aromatic carbocycles. The number of nitrogens with zero attached hydrogens (tertiary/aromatic N) is 5. The zero-order valence-corrected chi connectivity index (χ0v) is 20.6. The molecule has 0 amide bonds. The van der Waals surface area contributed by atoms with E-state index in [1.54, 1.807) is 7.11 Å². The van der Waals surface area contributed by atoms with Crippen LogP contribution in [0.1, 0.15) is 55.2 Å². The number of fused-ring (bicyclic) bond motifs is 1. The fourth-order valence-electron chi connectivity index (χ4n) is 4.91. The van der Waals surface area contributed by atoms with Crippen molar-refractivity contribution >= 4 is 10.9 Å². The van der Waals surface area contributed by atoms with Gasteiger partial charge in [-0.3, -0.25) is 9.69 Å². The Morgan fingerprint density at radius 1 is 1.09 bits per heavy atom. The topological polar surface area (TPSA) is 88.9 Å². The lowest BCUT2D eigenvalue weighted by Crippen LogP contribution is -2.40. The minimum Gasteiger partial charge on any atom is -0.497 e. The van der Waals surface area contributed by atoms with E-state index in [4.69, 9.17) is 4.74 Å². The van der Waals surface area contributed by atoms with Crippen molar-refractivity contribution in [3.8, 4) is 5.75 Å². The van der Waals surface area contributed by atoms with E-state index in [1.165, 1.54) is 5.56 Å². The molecule has 1 saturated heterocycles. The van der Waals surface area contributed by atoms with Crippen LogP contribution < -0.4 is 10.3 Å². The largest absolute Gasteiger partial charge is 0.497 e. The molecule has 1 atom stereocenters. The quantitative estimate of drug-likeness (QED) is 0.438. The molecule has 0 bridgehead atoms. The summed E-state index contributed by atoms with van der Waals surface area (Å²) in [4.78, 5) is 18.9. The molecule has 1 fully saturated rings. The Balaban J connectivity index is 1.58. The summed E-state index contributed by atoms with van der Waals surface area (Å²) < 4.78 is 7.10. The van der Waals surface area contributed by atoms with Crippen molar-refractivity contribution in [1.82, 2.24) is 30.1 Å². The Morgan fingerprint density at radius 2 is 1.83 bits per heavy atom. The predicted molar refractivity (Wildman–Crippen MR) is 136 cm³/mol. The Hall–Kier alpha value is -3.52. The molecule has 3 heterocycles. The van der Waals surface area contributed by atoms with E-state index in [0.29, 0.717) is 23.9 Å². The molecule has 35 heavy (non-hydrogen) atoms. The van der Waals surface area contributed by atoms with Gasteiger partial charge in [0.25, 0.3) is 5.56 Å². The van der Waals surface area contributed by atoms with Crippen molar-refractivity contribution in [2.45, 2.75) is 45.7 Å². The first kappa shape index (κ1) is 23.2. The van der Waals surface area contributed by atoms with Crippen LogP contribution in [0, 0.1) is 5.92 Å². The van der Waals surface area contributed by atoms with Gasteiger partial charge >= 0.3 is 0 Å². The second kappa shape index (κ2) is 10.00. The predicted octanol–water partition coefficient (Wildman–Crippen LogP) is 3.96. The van der Waals surface area contributed by atoms with E-state index in [1.807, 2.05) is 41.1 Å². The average molecular weight is 473 g/mol. The first-order valence-corrected chi connectivity index (χ1v) is 12.3. The molecule has 0 spiro atoms. The molecule has 1 aliphatic heterocycles. The number of hydrogen-bond donors (Lipinski definition) is 1. The minimum absolute atomic E-state index is 0.0932. The Morgan fingerprint density at radius 3 is 2.54 bits per heavy atom. The number of piperidine rings is 1. The van der Waals surface area contributed by atoms with E-state index in [9.17, 15) is 4.79 Å². The van der Waals surface area contributed by atoms with Crippen molar-refractivity contribution in [3.63, 3.8) is 0 Å². The number of aromatic nitrogens is 5. The number of likely N-dealkylation sites (tertiary alicyclic amines) is 1.